The Kier molecular flexibility index (Phi) is 5.78. The van der Waals surface area contributed by atoms with E-state index in [2.05, 4.69) is 10.0 Å². The maximum absolute atomic E-state index is 12.5. The lowest BCUT2D eigenvalue weighted by Crippen LogP contribution is -2.60. The van der Waals surface area contributed by atoms with Gasteiger partial charge >= 0.3 is 5.97 Å². The highest BCUT2D eigenvalue weighted by molar-refractivity contribution is 7.89. The minimum atomic E-state index is -3.76. The molecule has 33 heavy (non-hydrogen) atoms. The van der Waals surface area contributed by atoms with E-state index in [0.29, 0.717) is 23.5 Å². The van der Waals surface area contributed by atoms with Crippen LogP contribution >= 0.6 is 0 Å². The van der Waals surface area contributed by atoms with Gasteiger partial charge in [0.25, 0.3) is 5.91 Å². The molecule has 4 saturated carbocycles. The Hall–Kier alpha value is -2.65. The molecule has 0 atom stereocenters. The Balaban J connectivity index is 1.13. The first-order valence-corrected chi connectivity index (χ1v) is 12.9. The first-order valence-electron chi connectivity index (χ1n) is 11.4. The Morgan fingerprint density at radius 3 is 2.21 bits per heavy atom. The number of sulfonamides is 1. The molecule has 0 radical (unpaired) electrons. The van der Waals surface area contributed by atoms with Crippen molar-refractivity contribution in [3.05, 3.63) is 54.0 Å². The number of hydrogen-bond donors (Lipinski definition) is 2. The molecule has 4 aliphatic carbocycles. The Morgan fingerprint density at radius 1 is 1.00 bits per heavy atom. The van der Waals surface area contributed by atoms with Crippen molar-refractivity contribution in [3.8, 4) is 0 Å². The molecule has 2 N–H and O–H groups in total. The predicted molar refractivity (Wildman–Crippen MR) is 119 cm³/mol. The number of esters is 1. The fourth-order valence-corrected chi connectivity index (χ4v) is 7.24. The van der Waals surface area contributed by atoms with E-state index < -0.39 is 16.0 Å². The van der Waals surface area contributed by atoms with Gasteiger partial charge in [0.1, 0.15) is 5.76 Å². The molecule has 1 aromatic carbocycles. The van der Waals surface area contributed by atoms with Crippen molar-refractivity contribution in [2.75, 3.05) is 6.61 Å². The number of nitrogens with one attached hydrogen (secondary N) is 2. The number of carbonyl (C=O) groups is 2. The monoisotopic (exact) mass is 472 g/mol. The van der Waals surface area contributed by atoms with Gasteiger partial charge in [0.15, 0.2) is 6.61 Å². The zero-order chi connectivity index (χ0) is 23.1. The fraction of sp³-hybridized carbons (Fsp3) is 0.500. The SMILES string of the molecule is O=C(COC(=O)c1ccc(S(=O)(=O)NCc2ccco2)cc1)NC12CC3CC(CC(C3)C1)C2. The van der Waals surface area contributed by atoms with Crippen LogP contribution < -0.4 is 10.0 Å². The van der Waals surface area contributed by atoms with Crippen LogP contribution in [0.15, 0.2) is 52.0 Å². The molecule has 0 saturated heterocycles. The van der Waals surface area contributed by atoms with Crippen molar-refractivity contribution < 1.29 is 27.2 Å². The van der Waals surface area contributed by atoms with Crippen molar-refractivity contribution in [2.45, 2.75) is 55.5 Å². The third-order valence-electron chi connectivity index (χ3n) is 7.19. The minimum Gasteiger partial charge on any atom is -0.468 e. The van der Waals surface area contributed by atoms with Crippen LogP contribution in [0.5, 0.6) is 0 Å². The number of ether oxygens (including phenoxy) is 1. The summed E-state index contributed by atoms with van der Waals surface area (Å²) in [5.41, 5.74) is 0.0549. The molecule has 9 heteroatoms. The third kappa shape index (κ3) is 4.84. The van der Waals surface area contributed by atoms with Crippen LogP contribution in [-0.4, -0.2) is 32.4 Å². The minimum absolute atomic E-state index is 0.0187. The maximum atomic E-state index is 12.5. The van der Waals surface area contributed by atoms with Crippen molar-refractivity contribution in [3.63, 3.8) is 0 Å². The van der Waals surface area contributed by atoms with Gasteiger partial charge in [-0.1, -0.05) is 0 Å². The molecule has 4 aliphatic rings. The summed E-state index contributed by atoms with van der Waals surface area (Å²) >= 11 is 0. The molecular weight excluding hydrogens is 444 g/mol. The van der Waals surface area contributed by atoms with Crippen molar-refractivity contribution in [1.29, 1.82) is 0 Å². The number of hydrogen-bond acceptors (Lipinski definition) is 6. The van der Waals surface area contributed by atoms with Crippen molar-refractivity contribution >= 4 is 21.9 Å². The predicted octanol–water partition coefficient (Wildman–Crippen LogP) is 3.00. The van der Waals surface area contributed by atoms with Crippen molar-refractivity contribution in [2.24, 2.45) is 17.8 Å². The fourth-order valence-electron chi connectivity index (χ4n) is 6.24. The van der Waals surface area contributed by atoms with Gasteiger partial charge in [-0.05, 0) is 92.7 Å². The number of amides is 1. The number of rotatable bonds is 8. The van der Waals surface area contributed by atoms with E-state index in [-0.39, 0.29) is 35.1 Å². The Morgan fingerprint density at radius 2 is 1.64 bits per heavy atom. The van der Waals surface area contributed by atoms with Gasteiger partial charge in [0.2, 0.25) is 10.0 Å². The van der Waals surface area contributed by atoms with Gasteiger partial charge < -0.3 is 14.5 Å². The van der Waals surface area contributed by atoms with Crippen LogP contribution in [0.4, 0.5) is 0 Å². The lowest BCUT2D eigenvalue weighted by molar-refractivity contribution is -0.130. The summed E-state index contributed by atoms with van der Waals surface area (Å²) in [4.78, 5) is 24.9. The average Bonchev–Trinajstić information content (AvgIpc) is 3.29. The standard InChI is InChI=1S/C24H28N2O6S/c27-22(26-24-11-16-8-17(12-24)10-18(9-16)13-24)15-32-23(28)19-3-5-21(6-4-19)33(29,30)25-14-20-2-1-7-31-20/h1-7,16-18,25H,8-15H2,(H,26,27). The highest BCUT2D eigenvalue weighted by atomic mass is 32.2. The van der Waals surface area contributed by atoms with Crippen LogP contribution in [0.3, 0.4) is 0 Å². The highest BCUT2D eigenvalue weighted by Gasteiger charge is 2.51. The van der Waals surface area contributed by atoms with Crippen LogP contribution in [0, 0.1) is 17.8 Å². The van der Waals surface area contributed by atoms with E-state index >= 15 is 0 Å². The molecule has 176 valence electrons. The molecule has 1 amide bonds. The second-order valence-electron chi connectivity index (χ2n) is 9.75. The molecule has 4 bridgehead atoms. The summed E-state index contributed by atoms with van der Waals surface area (Å²) in [5.74, 6) is 1.69. The summed E-state index contributed by atoms with van der Waals surface area (Å²) in [6, 6.07) is 8.75. The Labute approximate surface area is 193 Å². The molecule has 1 aromatic heterocycles. The molecule has 0 unspecified atom stereocenters. The highest BCUT2D eigenvalue weighted by Crippen LogP contribution is 2.55. The summed E-state index contributed by atoms with van der Waals surface area (Å²) in [5, 5.41) is 3.17. The van der Waals surface area contributed by atoms with Crippen LogP contribution in [0.1, 0.15) is 54.6 Å². The average molecular weight is 473 g/mol. The maximum Gasteiger partial charge on any atom is 0.338 e. The molecule has 6 rings (SSSR count). The van der Waals surface area contributed by atoms with E-state index in [4.69, 9.17) is 9.15 Å². The van der Waals surface area contributed by atoms with Gasteiger partial charge in [-0.15, -0.1) is 0 Å². The van der Waals surface area contributed by atoms with Crippen LogP contribution in [-0.2, 0) is 26.1 Å². The van der Waals surface area contributed by atoms with E-state index in [1.807, 2.05) is 0 Å². The summed E-state index contributed by atoms with van der Waals surface area (Å²) < 4.78 is 37.6. The molecule has 1 heterocycles. The first-order chi connectivity index (χ1) is 15.8. The lowest BCUT2D eigenvalue weighted by atomic mass is 9.53. The van der Waals surface area contributed by atoms with E-state index in [9.17, 15) is 18.0 Å². The van der Waals surface area contributed by atoms with Gasteiger partial charge in [-0.25, -0.2) is 17.9 Å². The molecule has 4 fully saturated rings. The van der Waals surface area contributed by atoms with Gasteiger partial charge in [0, 0.05) is 5.54 Å². The van der Waals surface area contributed by atoms with Crippen LogP contribution in [0.2, 0.25) is 0 Å². The molecule has 8 nitrogen and oxygen atoms in total. The summed E-state index contributed by atoms with van der Waals surface area (Å²) in [6.45, 7) is -0.316. The van der Waals surface area contributed by atoms with Gasteiger partial charge in [-0.3, -0.25) is 4.79 Å². The topological polar surface area (TPSA) is 115 Å². The van der Waals surface area contributed by atoms with Gasteiger partial charge in [-0.2, -0.15) is 0 Å². The molecule has 0 spiro atoms. The zero-order valence-corrected chi connectivity index (χ0v) is 19.1. The summed E-state index contributed by atoms with van der Waals surface area (Å²) in [6.07, 6.45) is 8.41. The van der Waals surface area contributed by atoms with E-state index in [0.717, 1.165) is 19.3 Å². The number of furan rings is 1. The molecule has 2 aromatic rings. The van der Waals surface area contributed by atoms with E-state index in [1.54, 1.807) is 12.1 Å². The normalized spacial score (nSPS) is 27.9. The molecular formula is C24H28N2O6S. The summed E-state index contributed by atoms with van der Waals surface area (Å²) in [7, 11) is -3.76. The van der Waals surface area contributed by atoms with Crippen molar-refractivity contribution in [1.82, 2.24) is 10.0 Å². The number of carbonyl (C=O) groups excluding carboxylic acids is 2. The zero-order valence-electron chi connectivity index (χ0n) is 18.3. The molecule has 0 aliphatic heterocycles. The lowest BCUT2D eigenvalue weighted by Gasteiger charge is -2.56. The third-order valence-corrected chi connectivity index (χ3v) is 8.61. The number of benzene rings is 1. The second-order valence-corrected chi connectivity index (χ2v) is 11.5. The Bertz CT molecular complexity index is 1090. The smallest absolute Gasteiger partial charge is 0.338 e. The quantitative estimate of drug-likeness (QED) is 0.571. The largest absolute Gasteiger partial charge is 0.468 e. The first kappa shape index (κ1) is 22.2. The van der Waals surface area contributed by atoms with E-state index in [1.165, 1.54) is 49.8 Å². The van der Waals surface area contributed by atoms with Gasteiger partial charge in [0.05, 0.1) is 23.3 Å². The second kappa shape index (κ2) is 8.61. The van der Waals surface area contributed by atoms with Crippen LogP contribution in [0.25, 0.3) is 0 Å².